The number of hydrogen-bond donors (Lipinski definition) is 2. The van der Waals surface area contributed by atoms with E-state index >= 15 is 0 Å². The van der Waals surface area contributed by atoms with E-state index in [2.05, 4.69) is 13.8 Å². The molecule has 0 bridgehead atoms. The molecule has 0 aromatic carbocycles. The van der Waals surface area contributed by atoms with Crippen molar-refractivity contribution in [1.29, 1.82) is 0 Å². The Balaban J connectivity index is 2.70. The summed E-state index contributed by atoms with van der Waals surface area (Å²) in [6.45, 7) is 4.28. The van der Waals surface area contributed by atoms with Crippen molar-refractivity contribution < 1.29 is 19.8 Å². The molecule has 0 spiro atoms. The zero-order valence-corrected chi connectivity index (χ0v) is 14.1. The molecule has 0 aliphatic heterocycles. The van der Waals surface area contributed by atoms with E-state index in [0.29, 0.717) is 0 Å². The van der Waals surface area contributed by atoms with Crippen LogP contribution in [0.15, 0.2) is 0 Å². The van der Waals surface area contributed by atoms with Crippen molar-refractivity contribution in [3.05, 3.63) is 0 Å². The second-order valence-electron chi connectivity index (χ2n) is 6.83. The minimum Gasteiger partial charge on any atom is -0.481 e. The molecule has 1 fully saturated rings. The average Bonchev–Trinajstić information content (AvgIpc) is 2.83. The van der Waals surface area contributed by atoms with Gasteiger partial charge in [-0.2, -0.15) is 0 Å². The number of carboxylic acid groups (broad SMARTS) is 2. The normalized spacial score (nSPS) is 27.9. The molecule has 22 heavy (non-hydrogen) atoms. The van der Waals surface area contributed by atoms with Gasteiger partial charge in [-0.05, 0) is 31.1 Å². The molecule has 4 unspecified atom stereocenters. The third-order valence-electron chi connectivity index (χ3n) is 5.19. The van der Waals surface area contributed by atoms with Crippen molar-refractivity contribution >= 4 is 11.9 Å². The highest BCUT2D eigenvalue weighted by Gasteiger charge is 2.49. The van der Waals surface area contributed by atoms with Crippen LogP contribution in [-0.4, -0.2) is 22.2 Å². The van der Waals surface area contributed by atoms with Gasteiger partial charge < -0.3 is 10.2 Å². The molecule has 4 nitrogen and oxygen atoms in total. The van der Waals surface area contributed by atoms with E-state index in [0.717, 1.165) is 57.8 Å². The fourth-order valence-corrected chi connectivity index (χ4v) is 4.06. The Kier molecular flexibility index (Phi) is 8.51. The summed E-state index contributed by atoms with van der Waals surface area (Å²) in [5.74, 6) is -3.12. The molecule has 1 aliphatic carbocycles. The van der Waals surface area contributed by atoms with E-state index in [1.807, 2.05) is 0 Å². The van der Waals surface area contributed by atoms with Crippen molar-refractivity contribution in [3.8, 4) is 0 Å². The number of rotatable bonds is 11. The highest BCUT2D eigenvalue weighted by molar-refractivity contribution is 5.81. The Labute approximate surface area is 134 Å². The number of carbonyl (C=O) groups is 2. The molecule has 4 heteroatoms. The number of hydrogen-bond acceptors (Lipinski definition) is 2. The minimum atomic E-state index is -0.912. The third kappa shape index (κ3) is 5.29. The molecule has 1 saturated carbocycles. The summed E-state index contributed by atoms with van der Waals surface area (Å²) < 4.78 is 0. The summed E-state index contributed by atoms with van der Waals surface area (Å²) in [5.41, 5.74) is 0. The predicted octanol–water partition coefficient (Wildman–Crippen LogP) is 4.57. The lowest BCUT2D eigenvalue weighted by Crippen LogP contribution is -2.31. The molecule has 0 saturated heterocycles. The summed E-state index contributed by atoms with van der Waals surface area (Å²) in [6.07, 6.45) is 10.2. The average molecular weight is 312 g/mol. The standard InChI is InChI=1S/C18H32O4/c1-3-5-7-9-11-14-12-13(10-8-6-4-2)15(17(19)20)16(14)18(21)22/h13-16H,3-12H2,1-2H3,(H,19,20)(H,21,22). The van der Waals surface area contributed by atoms with Crippen LogP contribution in [0.25, 0.3) is 0 Å². The highest BCUT2D eigenvalue weighted by atomic mass is 16.4. The van der Waals surface area contributed by atoms with E-state index in [-0.39, 0.29) is 11.8 Å². The van der Waals surface area contributed by atoms with Gasteiger partial charge in [0.2, 0.25) is 0 Å². The van der Waals surface area contributed by atoms with Crippen LogP contribution in [0.2, 0.25) is 0 Å². The Morgan fingerprint density at radius 2 is 1.18 bits per heavy atom. The molecule has 0 heterocycles. The molecule has 0 aromatic rings. The van der Waals surface area contributed by atoms with Gasteiger partial charge in [-0.25, -0.2) is 0 Å². The number of aliphatic carboxylic acids is 2. The topological polar surface area (TPSA) is 74.6 Å². The SMILES string of the molecule is CCCCCCC1CC(CCCCC)C(C(=O)O)C1C(=O)O. The first-order valence-corrected chi connectivity index (χ1v) is 8.98. The predicted molar refractivity (Wildman–Crippen MR) is 86.7 cm³/mol. The van der Waals surface area contributed by atoms with E-state index in [1.165, 1.54) is 6.42 Å². The van der Waals surface area contributed by atoms with Gasteiger partial charge in [0, 0.05) is 0 Å². The Morgan fingerprint density at radius 1 is 0.773 bits per heavy atom. The molecule has 0 aromatic heterocycles. The maximum atomic E-state index is 11.6. The van der Waals surface area contributed by atoms with Crippen molar-refractivity contribution in [2.45, 2.75) is 78.1 Å². The van der Waals surface area contributed by atoms with Gasteiger partial charge in [0.05, 0.1) is 11.8 Å². The molecule has 0 radical (unpaired) electrons. The third-order valence-corrected chi connectivity index (χ3v) is 5.19. The van der Waals surface area contributed by atoms with Gasteiger partial charge in [-0.1, -0.05) is 58.8 Å². The van der Waals surface area contributed by atoms with Crippen LogP contribution in [0, 0.1) is 23.7 Å². The number of unbranched alkanes of at least 4 members (excludes halogenated alkanes) is 5. The van der Waals surface area contributed by atoms with Crippen LogP contribution in [0.3, 0.4) is 0 Å². The molecule has 4 atom stereocenters. The number of carboxylic acids is 2. The second-order valence-corrected chi connectivity index (χ2v) is 6.83. The van der Waals surface area contributed by atoms with Gasteiger partial charge in [0.1, 0.15) is 0 Å². The Hall–Kier alpha value is -1.06. The van der Waals surface area contributed by atoms with Gasteiger partial charge in [0.15, 0.2) is 0 Å². The fraction of sp³-hybridized carbons (Fsp3) is 0.889. The maximum Gasteiger partial charge on any atom is 0.307 e. The molecule has 2 N–H and O–H groups in total. The van der Waals surface area contributed by atoms with Crippen molar-refractivity contribution in [2.75, 3.05) is 0 Å². The first-order valence-electron chi connectivity index (χ1n) is 8.98. The molecule has 1 rings (SSSR count). The molecule has 128 valence electrons. The second kappa shape index (κ2) is 9.86. The summed E-state index contributed by atoms with van der Waals surface area (Å²) in [5, 5.41) is 19.1. The van der Waals surface area contributed by atoms with Gasteiger partial charge in [-0.3, -0.25) is 9.59 Å². The van der Waals surface area contributed by atoms with Crippen LogP contribution in [0.4, 0.5) is 0 Å². The zero-order chi connectivity index (χ0) is 16.5. The van der Waals surface area contributed by atoms with Crippen LogP contribution in [0.5, 0.6) is 0 Å². The summed E-state index contributed by atoms with van der Waals surface area (Å²) >= 11 is 0. The summed E-state index contributed by atoms with van der Waals surface area (Å²) in [6, 6.07) is 0. The monoisotopic (exact) mass is 312 g/mol. The summed E-state index contributed by atoms with van der Waals surface area (Å²) in [4.78, 5) is 23.2. The van der Waals surface area contributed by atoms with E-state index < -0.39 is 23.8 Å². The van der Waals surface area contributed by atoms with Gasteiger partial charge in [0.25, 0.3) is 0 Å². The van der Waals surface area contributed by atoms with Crippen LogP contribution in [-0.2, 0) is 9.59 Å². The van der Waals surface area contributed by atoms with Crippen LogP contribution < -0.4 is 0 Å². The summed E-state index contributed by atoms with van der Waals surface area (Å²) in [7, 11) is 0. The van der Waals surface area contributed by atoms with E-state index in [1.54, 1.807) is 0 Å². The first-order chi connectivity index (χ1) is 10.5. The molecular formula is C18H32O4. The van der Waals surface area contributed by atoms with Gasteiger partial charge in [-0.15, -0.1) is 0 Å². The largest absolute Gasteiger partial charge is 0.481 e. The Bertz CT molecular complexity index is 353. The molecular weight excluding hydrogens is 280 g/mol. The molecule has 1 aliphatic rings. The zero-order valence-electron chi connectivity index (χ0n) is 14.1. The maximum absolute atomic E-state index is 11.6. The first kappa shape index (κ1) is 19.0. The van der Waals surface area contributed by atoms with E-state index in [9.17, 15) is 19.8 Å². The van der Waals surface area contributed by atoms with Crippen LogP contribution in [0.1, 0.15) is 78.1 Å². The quantitative estimate of drug-likeness (QED) is 0.548. The van der Waals surface area contributed by atoms with Crippen molar-refractivity contribution in [1.82, 2.24) is 0 Å². The Morgan fingerprint density at radius 3 is 1.59 bits per heavy atom. The highest BCUT2D eigenvalue weighted by Crippen LogP contribution is 2.46. The lowest BCUT2D eigenvalue weighted by molar-refractivity contribution is -0.155. The fourth-order valence-electron chi connectivity index (χ4n) is 4.06. The molecule has 0 amide bonds. The lowest BCUT2D eigenvalue weighted by Gasteiger charge is -2.20. The minimum absolute atomic E-state index is 0.0429. The smallest absolute Gasteiger partial charge is 0.307 e. The van der Waals surface area contributed by atoms with Gasteiger partial charge >= 0.3 is 11.9 Å². The lowest BCUT2D eigenvalue weighted by atomic mass is 9.84. The van der Waals surface area contributed by atoms with E-state index in [4.69, 9.17) is 0 Å². The van der Waals surface area contributed by atoms with Crippen molar-refractivity contribution in [3.63, 3.8) is 0 Å². The van der Waals surface area contributed by atoms with Crippen molar-refractivity contribution in [2.24, 2.45) is 23.7 Å². The van der Waals surface area contributed by atoms with Crippen LogP contribution >= 0.6 is 0 Å².